The van der Waals surface area contributed by atoms with Gasteiger partial charge >= 0.3 is 0 Å². The zero-order chi connectivity index (χ0) is 18.2. The van der Waals surface area contributed by atoms with Gasteiger partial charge in [-0.25, -0.2) is 8.42 Å². The number of nitrogens with one attached hydrogen (secondary N) is 1. The summed E-state index contributed by atoms with van der Waals surface area (Å²) in [6.45, 7) is 0.955. The molecule has 1 aromatic carbocycles. The molecule has 1 amide bonds. The Bertz CT molecular complexity index is 975. The third-order valence-electron chi connectivity index (χ3n) is 4.32. The molecular formula is C16H19N3O5S. The van der Waals surface area contributed by atoms with Gasteiger partial charge in [-0.3, -0.25) is 9.59 Å². The molecule has 0 spiro atoms. The van der Waals surface area contributed by atoms with E-state index >= 15 is 0 Å². The molecule has 1 fully saturated rings. The summed E-state index contributed by atoms with van der Waals surface area (Å²) in [5.74, 6) is 0.120. The van der Waals surface area contributed by atoms with Gasteiger partial charge in [0.15, 0.2) is 0 Å². The third kappa shape index (κ3) is 3.24. The Hall–Kier alpha value is -2.39. The fourth-order valence-corrected chi connectivity index (χ4v) is 3.77. The Labute approximate surface area is 145 Å². The average molecular weight is 365 g/mol. The lowest BCUT2D eigenvalue weighted by atomic mass is 10.1. The normalized spacial score (nSPS) is 16.2. The maximum Gasteiger partial charge on any atom is 0.259 e. The van der Waals surface area contributed by atoms with Crippen LogP contribution in [0.4, 0.5) is 0 Å². The molecule has 1 saturated heterocycles. The number of para-hydroxylation sites is 1. The van der Waals surface area contributed by atoms with Crippen LogP contribution < -0.4 is 10.2 Å². The number of hydrogen-bond acceptors (Lipinski definition) is 5. The number of carbonyl (C=O) groups excluding carboxylic acids is 1. The first kappa shape index (κ1) is 17.4. The number of carbonyl (C=O) groups is 1. The van der Waals surface area contributed by atoms with Crippen LogP contribution in [0.25, 0.3) is 10.9 Å². The largest absolute Gasteiger partial charge is 0.495 e. The van der Waals surface area contributed by atoms with E-state index in [4.69, 9.17) is 4.74 Å². The first-order valence-corrected chi connectivity index (χ1v) is 9.60. The fourth-order valence-electron chi connectivity index (χ4n) is 2.95. The molecule has 0 aliphatic carbocycles. The van der Waals surface area contributed by atoms with E-state index in [1.54, 1.807) is 18.2 Å². The number of hydrogen-bond donors (Lipinski definition) is 1. The molecule has 8 nitrogen and oxygen atoms in total. The molecule has 0 atom stereocenters. The van der Waals surface area contributed by atoms with Crippen molar-refractivity contribution in [2.45, 2.75) is 0 Å². The van der Waals surface area contributed by atoms with Crippen molar-refractivity contribution in [3.05, 3.63) is 40.2 Å². The number of rotatable bonds is 3. The van der Waals surface area contributed by atoms with E-state index in [-0.39, 0.29) is 37.2 Å². The maximum absolute atomic E-state index is 12.7. The van der Waals surface area contributed by atoms with E-state index in [9.17, 15) is 18.0 Å². The van der Waals surface area contributed by atoms with Gasteiger partial charge in [-0.05, 0) is 12.1 Å². The van der Waals surface area contributed by atoms with Gasteiger partial charge in [0, 0.05) is 32.4 Å². The number of ether oxygens (including phenoxy) is 1. The number of amides is 1. The number of piperazine rings is 1. The van der Waals surface area contributed by atoms with Crippen LogP contribution in [0.2, 0.25) is 0 Å². The molecule has 1 aliphatic rings. The third-order valence-corrected chi connectivity index (χ3v) is 5.62. The second-order valence-corrected chi connectivity index (χ2v) is 7.85. The van der Waals surface area contributed by atoms with Crippen molar-refractivity contribution in [1.82, 2.24) is 14.2 Å². The number of aromatic amines is 1. The number of sulfonamides is 1. The number of pyridine rings is 1. The molecule has 2 aromatic rings. The van der Waals surface area contributed by atoms with E-state index in [2.05, 4.69) is 4.98 Å². The Morgan fingerprint density at radius 1 is 1.20 bits per heavy atom. The SMILES string of the molecule is COc1cccc2c(=O)c(C(=O)N3CCN(S(C)(=O)=O)CC3)c[nH]c12. The molecular weight excluding hydrogens is 346 g/mol. The summed E-state index contributed by atoms with van der Waals surface area (Å²) in [7, 11) is -1.76. The van der Waals surface area contributed by atoms with Crippen LogP contribution >= 0.6 is 0 Å². The Balaban J connectivity index is 1.89. The van der Waals surface area contributed by atoms with E-state index in [1.165, 1.54) is 22.5 Å². The number of aromatic nitrogens is 1. The van der Waals surface area contributed by atoms with Crippen LogP contribution in [0.1, 0.15) is 10.4 Å². The molecule has 9 heteroatoms. The average Bonchev–Trinajstić information content (AvgIpc) is 2.60. The van der Waals surface area contributed by atoms with Gasteiger partial charge in [0.05, 0.1) is 24.3 Å². The summed E-state index contributed by atoms with van der Waals surface area (Å²) in [4.78, 5) is 29.8. The zero-order valence-electron chi connectivity index (χ0n) is 14.0. The Morgan fingerprint density at radius 3 is 2.48 bits per heavy atom. The van der Waals surface area contributed by atoms with Crippen LogP contribution in [0.5, 0.6) is 5.75 Å². The Morgan fingerprint density at radius 2 is 1.88 bits per heavy atom. The predicted molar refractivity (Wildman–Crippen MR) is 93.4 cm³/mol. The summed E-state index contributed by atoms with van der Waals surface area (Å²) >= 11 is 0. The van der Waals surface area contributed by atoms with Gasteiger partial charge in [-0.15, -0.1) is 0 Å². The molecule has 0 unspecified atom stereocenters. The van der Waals surface area contributed by atoms with E-state index in [1.807, 2.05) is 0 Å². The second-order valence-electron chi connectivity index (χ2n) is 5.87. The topological polar surface area (TPSA) is 99.8 Å². The number of methoxy groups -OCH3 is 1. The number of nitrogens with zero attached hydrogens (tertiary/aromatic N) is 2. The first-order valence-electron chi connectivity index (χ1n) is 7.75. The molecule has 3 rings (SSSR count). The number of benzene rings is 1. The molecule has 1 N–H and O–H groups in total. The van der Waals surface area contributed by atoms with Gasteiger partial charge in [-0.2, -0.15) is 4.31 Å². The molecule has 1 aromatic heterocycles. The fraction of sp³-hybridized carbons (Fsp3) is 0.375. The minimum atomic E-state index is -3.27. The minimum Gasteiger partial charge on any atom is -0.495 e. The van der Waals surface area contributed by atoms with Crippen molar-refractivity contribution >= 4 is 26.8 Å². The molecule has 134 valence electrons. The van der Waals surface area contributed by atoms with Crippen LogP contribution in [0.3, 0.4) is 0 Å². The molecule has 2 heterocycles. The molecule has 0 radical (unpaired) electrons. The smallest absolute Gasteiger partial charge is 0.259 e. The molecule has 25 heavy (non-hydrogen) atoms. The van der Waals surface area contributed by atoms with Crippen LogP contribution in [0.15, 0.2) is 29.2 Å². The summed E-state index contributed by atoms with van der Waals surface area (Å²) in [5.41, 5.74) is 0.199. The highest BCUT2D eigenvalue weighted by molar-refractivity contribution is 7.88. The van der Waals surface area contributed by atoms with Gasteiger partial charge in [0.2, 0.25) is 15.5 Å². The van der Waals surface area contributed by atoms with E-state index in [0.717, 1.165) is 6.26 Å². The minimum absolute atomic E-state index is 0.0357. The highest BCUT2D eigenvalue weighted by Crippen LogP contribution is 2.21. The lowest BCUT2D eigenvalue weighted by Crippen LogP contribution is -2.50. The van der Waals surface area contributed by atoms with Crippen molar-refractivity contribution in [2.24, 2.45) is 0 Å². The summed E-state index contributed by atoms with van der Waals surface area (Å²) in [5, 5.41) is 0.375. The van der Waals surface area contributed by atoms with Crippen molar-refractivity contribution in [3.8, 4) is 5.75 Å². The zero-order valence-corrected chi connectivity index (χ0v) is 14.8. The molecule has 0 saturated carbocycles. The second kappa shape index (κ2) is 6.49. The van der Waals surface area contributed by atoms with Crippen molar-refractivity contribution in [1.29, 1.82) is 0 Å². The summed E-state index contributed by atoms with van der Waals surface area (Å²) < 4.78 is 29.6. The molecule has 0 bridgehead atoms. The van der Waals surface area contributed by atoms with E-state index in [0.29, 0.717) is 16.7 Å². The standard InChI is InChI=1S/C16H19N3O5S/c1-24-13-5-3-4-11-14(13)17-10-12(15(11)20)16(21)18-6-8-19(9-7-18)25(2,22)23/h3-5,10H,6-9H2,1-2H3,(H,17,20). The number of H-pyrrole nitrogens is 1. The highest BCUT2D eigenvalue weighted by Gasteiger charge is 2.28. The lowest BCUT2D eigenvalue weighted by molar-refractivity contribution is 0.0697. The predicted octanol–water partition coefficient (Wildman–Crippen LogP) is 0.254. The maximum atomic E-state index is 12.7. The highest BCUT2D eigenvalue weighted by atomic mass is 32.2. The van der Waals surface area contributed by atoms with Crippen LogP contribution in [-0.4, -0.2) is 68.1 Å². The monoisotopic (exact) mass is 365 g/mol. The summed E-state index contributed by atoms with van der Waals surface area (Å²) in [6.07, 6.45) is 2.53. The van der Waals surface area contributed by atoms with Crippen LogP contribution in [0, 0.1) is 0 Å². The van der Waals surface area contributed by atoms with Gasteiger partial charge < -0.3 is 14.6 Å². The van der Waals surface area contributed by atoms with E-state index < -0.39 is 15.9 Å². The van der Waals surface area contributed by atoms with Crippen molar-refractivity contribution in [3.63, 3.8) is 0 Å². The van der Waals surface area contributed by atoms with Gasteiger partial charge in [-0.1, -0.05) is 6.07 Å². The van der Waals surface area contributed by atoms with Gasteiger partial charge in [0.1, 0.15) is 11.3 Å². The van der Waals surface area contributed by atoms with Crippen LogP contribution in [-0.2, 0) is 10.0 Å². The Kier molecular flexibility index (Phi) is 4.53. The molecule has 1 aliphatic heterocycles. The number of fused-ring (bicyclic) bond motifs is 1. The van der Waals surface area contributed by atoms with Gasteiger partial charge in [0.25, 0.3) is 5.91 Å². The van der Waals surface area contributed by atoms with Crippen molar-refractivity contribution in [2.75, 3.05) is 39.5 Å². The lowest BCUT2D eigenvalue weighted by Gasteiger charge is -2.33. The van der Waals surface area contributed by atoms with Crippen molar-refractivity contribution < 1.29 is 17.9 Å². The summed E-state index contributed by atoms with van der Waals surface area (Å²) in [6, 6.07) is 5.05. The quantitative estimate of drug-likeness (QED) is 0.841. The first-order chi connectivity index (χ1) is 11.8.